The number of phenolic OH excluding ortho intramolecular Hbond substituents is 1. The van der Waals surface area contributed by atoms with Crippen molar-refractivity contribution in [2.75, 3.05) is 0 Å². The number of phenols is 1. The van der Waals surface area contributed by atoms with Crippen LogP contribution in [0.15, 0.2) is 40.6 Å². The van der Waals surface area contributed by atoms with E-state index in [2.05, 4.69) is 10.2 Å². The largest absolute Gasteiger partial charge is 0.508 e. The highest BCUT2D eigenvalue weighted by Crippen LogP contribution is 2.29. The van der Waals surface area contributed by atoms with Crippen LogP contribution in [-0.4, -0.2) is 5.11 Å². The number of rotatable bonds is 2. The Morgan fingerprint density at radius 1 is 0.737 bits per heavy atom. The fourth-order valence-electron chi connectivity index (χ4n) is 1.33. The third kappa shape index (κ3) is 2.70. The van der Waals surface area contributed by atoms with E-state index in [0.717, 1.165) is 18.2 Å². The van der Waals surface area contributed by atoms with E-state index in [-0.39, 0.29) is 0 Å². The summed E-state index contributed by atoms with van der Waals surface area (Å²) in [5, 5.41) is 15.2. The highest BCUT2D eigenvalue weighted by molar-refractivity contribution is 5.45. The van der Waals surface area contributed by atoms with Gasteiger partial charge in [-0.2, -0.15) is 0 Å². The highest BCUT2D eigenvalue weighted by Gasteiger charge is 2.12. The lowest BCUT2D eigenvalue weighted by Crippen LogP contribution is -1.84. The molecule has 0 saturated carbocycles. The molecule has 0 aliphatic carbocycles. The van der Waals surface area contributed by atoms with E-state index in [1.165, 1.54) is 0 Å². The molecule has 0 aliphatic heterocycles. The maximum Gasteiger partial charge on any atom is 0.157 e. The molecule has 2 aromatic carbocycles. The quantitative estimate of drug-likeness (QED) is 0.639. The van der Waals surface area contributed by atoms with E-state index < -0.39 is 40.4 Å². The third-order valence-corrected chi connectivity index (χ3v) is 2.19. The van der Waals surface area contributed by atoms with Gasteiger partial charge in [0.15, 0.2) is 34.6 Å². The Bertz CT molecular complexity index is 615. The second-order valence-electron chi connectivity index (χ2n) is 3.53. The van der Waals surface area contributed by atoms with Gasteiger partial charge in [-0.3, -0.25) is 0 Å². The molecule has 0 unspecified atom stereocenters. The first-order chi connectivity index (χ1) is 8.99. The second kappa shape index (κ2) is 5.05. The monoisotopic (exact) mass is 270 g/mol. The molecule has 3 nitrogen and oxygen atoms in total. The minimum atomic E-state index is -1.20. The van der Waals surface area contributed by atoms with Gasteiger partial charge in [0.2, 0.25) is 0 Å². The average Bonchev–Trinajstić information content (AvgIpc) is 2.31. The molecule has 1 N–H and O–H groups in total. The van der Waals surface area contributed by atoms with Crippen molar-refractivity contribution >= 4 is 11.4 Å². The second-order valence-corrected chi connectivity index (χ2v) is 3.53. The summed E-state index contributed by atoms with van der Waals surface area (Å²) < 4.78 is 52.9. The van der Waals surface area contributed by atoms with Gasteiger partial charge in [-0.05, 0) is 12.1 Å². The first-order valence-electron chi connectivity index (χ1n) is 5.03. The Morgan fingerprint density at radius 3 is 1.63 bits per heavy atom. The molecule has 0 amide bonds. The van der Waals surface area contributed by atoms with Crippen molar-refractivity contribution in [2.45, 2.75) is 0 Å². The van der Waals surface area contributed by atoms with Crippen LogP contribution >= 0.6 is 0 Å². The zero-order chi connectivity index (χ0) is 14.0. The van der Waals surface area contributed by atoms with Gasteiger partial charge in [-0.15, -0.1) is 10.2 Å². The lowest BCUT2D eigenvalue weighted by molar-refractivity contribution is 0.461. The number of halogens is 4. The number of nitrogens with zero attached hydrogens (tertiary/aromatic N) is 2. The van der Waals surface area contributed by atoms with E-state index in [9.17, 15) is 17.6 Å². The lowest BCUT2D eigenvalue weighted by atomic mass is 10.3. The predicted molar refractivity (Wildman–Crippen MR) is 58.6 cm³/mol. The molecule has 0 fully saturated rings. The van der Waals surface area contributed by atoms with Gasteiger partial charge >= 0.3 is 0 Å². The fraction of sp³-hybridized carbons (Fsp3) is 0. The van der Waals surface area contributed by atoms with Gasteiger partial charge in [-0.25, -0.2) is 17.6 Å². The van der Waals surface area contributed by atoms with Crippen molar-refractivity contribution < 1.29 is 22.7 Å². The van der Waals surface area contributed by atoms with Crippen LogP contribution in [-0.2, 0) is 0 Å². The average molecular weight is 270 g/mol. The summed E-state index contributed by atoms with van der Waals surface area (Å²) in [6, 6.07) is 4.19. The minimum Gasteiger partial charge on any atom is -0.508 e. The van der Waals surface area contributed by atoms with Gasteiger partial charge in [0, 0.05) is 12.1 Å². The van der Waals surface area contributed by atoms with E-state index in [0.29, 0.717) is 12.1 Å². The van der Waals surface area contributed by atoms with Crippen molar-refractivity contribution in [3.05, 3.63) is 53.6 Å². The number of benzene rings is 2. The van der Waals surface area contributed by atoms with Crippen LogP contribution in [0.25, 0.3) is 0 Å². The van der Waals surface area contributed by atoms with E-state index in [1.54, 1.807) is 0 Å². The smallest absolute Gasteiger partial charge is 0.157 e. The maximum absolute atomic E-state index is 13.3. The Hall–Kier alpha value is -2.44. The SMILES string of the molecule is Oc1cc(F)c(/N=N/c2c(F)cccc2F)c(F)c1. The van der Waals surface area contributed by atoms with Gasteiger partial charge < -0.3 is 5.11 Å². The summed E-state index contributed by atoms with van der Waals surface area (Å²) in [7, 11) is 0. The molecule has 0 saturated heterocycles. The van der Waals surface area contributed by atoms with E-state index in [4.69, 9.17) is 5.11 Å². The van der Waals surface area contributed by atoms with Crippen LogP contribution in [0.3, 0.4) is 0 Å². The first kappa shape index (κ1) is 13.0. The summed E-state index contributed by atoms with van der Waals surface area (Å²) in [5.74, 6) is -5.05. The topological polar surface area (TPSA) is 45.0 Å². The molecular weight excluding hydrogens is 264 g/mol. The molecule has 19 heavy (non-hydrogen) atoms. The summed E-state index contributed by atoms with van der Waals surface area (Å²) in [6.07, 6.45) is 0. The molecule has 0 heterocycles. The van der Waals surface area contributed by atoms with Crippen molar-refractivity contribution in [2.24, 2.45) is 10.2 Å². The lowest BCUT2D eigenvalue weighted by Gasteiger charge is -2.00. The van der Waals surface area contributed by atoms with Crippen LogP contribution in [0, 0.1) is 23.3 Å². The molecule has 0 spiro atoms. The minimum absolute atomic E-state index is 0.606. The summed E-state index contributed by atoms with van der Waals surface area (Å²) in [4.78, 5) is 0. The number of aromatic hydroxyl groups is 1. The van der Waals surface area contributed by atoms with Crippen LogP contribution < -0.4 is 0 Å². The maximum atomic E-state index is 13.3. The Labute approximate surface area is 104 Å². The fourth-order valence-corrected chi connectivity index (χ4v) is 1.33. The zero-order valence-electron chi connectivity index (χ0n) is 9.24. The van der Waals surface area contributed by atoms with Crippen LogP contribution in [0.1, 0.15) is 0 Å². The zero-order valence-corrected chi connectivity index (χ0v) is 9.24. The van der Waals surface area contributed by atoms with E-state index in [1.807, 2.05) is 0 Å². The molecular formula is C12H6F4N2O. The van der Waals surface area contributed by atoms with Crippen molar-refractivity contribution in [3.8, 4) is 5.75 Å². The van der Waals surface area contributed by atoms with Crippen molar-refractivity contribution in [3.63, 3.8) is 0 Å². The molecule has 0 aliphatic rings. The van der Waals surface area contributed by atoms with Crippen LogP contribution in [0.2, 0.25) is 0 Å². The molecule has 0 radical (unpaired) electrons. The highest BCUT2D eigenvalue weighted by atomic mass is 19.1. The number of hydrogen-bond acceptors (Lipinski definition) is 3. The molecule has 0 aromatic heterocycles. The molecule has 0 atom stereocenters. The molecule has 98 valence electrons. The van der Waals surface area contributed by atoms with Gasteiger partial charge in [0.05, 0.1) is 0 Å². The van der Waals surface area contributed by atoms with Gasteiger partial charge in [0.25, 0.3) is 0 Å². The van der Waals surface area contributed by atoms with Gasteiger partial charge in [-0.1, -0.05) is 6.07 Å². The molecule has 0 bridgehead atoms. The Morgan fingerprint density at radius 2 is 1.16 bits per heavy atom. The number of hydrogen-bond donors (Lipinski definition) is 1. The first-order valence-corrected chi connectivity index (χ1v) is 5.03. The normalized spacial score (nSPS) is 11.2. The van der Waals surface area contributed by atoms with Crippen LogP contribution in [0.4, 0.5) is 28.9 Å². The summed E-state index contributed by atoms with van der Waals surface area (Å²) >= 11 is 0. The number of azo groups is 1. The van der Waals surface area contributed by atoms with E-state index >= 15 is 0 Å². The summed E-state index contributed by atoms with van der Waals surface area (Å²) in [5.41, 5.74) is -1.60. The predicted octanol–water partition coefficient (Wildman–Crippen LogP) is 4.36. The molecule has 2 aromatic rings. The molecule has 2 rings (SSSR count). The summed E-state index contributed by atoms with van der Waals surface area (Å²) in [6.45, 7) is 0. The Kier molecular flexibility index (Phi) is 3.46. The standard InChI is InChI=1S/C12H6F4N2O/c13-7-2-1-3-8(14)11(7)17-18-12-9(15)4-6(19)5-10(12)16/h1-5,19H/b18-17+. The Balaban J connectivity index is 2.44. The van der Waals surface area contributed by atoms with Gasteiger partial charge in [0.1, 0.15) is 5.75 Å². The van der Waals surface area contributed by atoms with Crippen molar-refractivity contribution in [1.29, 1.82) is 0 Å². The van der Waals surface area contributed by atoms with Crippen molar-refractivity contribution in [1.82, 2.24) is 0 Å². The molecule has 7 heteroatoms. The van der Waals surface area contributed by atoms with Crippen LogP contribution in [0.5, 0.6) is 5.75 Å². The third-order valence-electron chi connectivity index (χ3n) is 2.19.